The highest BCUT2D eigenvalue weighted by Crippen LogP contribution is 2.22. The van der Waals surface area contributed by atoms with Crippen molar-refractivity contribution in [1.82, 2.24) is 10.2 Å². The number of carbonyl (C=O) groups is 3. The van der Waals surface area contributed by atoms with Crippen molar-refractivity contribution < 1.29 is 14.4 Å². The van der Waals surface area contributed by atoms with E-state index in [1.165, 1.54) is 10.5 Å². The highest BCUT2D eigenvalue weighted by Gasteiger charge is 2.34. The van der Waals surface area contributed by atoms with Crippen LogP contribution in [0.3, 0.4) is 0 Å². The molecule has 3 rings (SSSR count). The number of hydrogen-bond acceptors (Lipinski definition) is 3. The van der Waals surface area contributed by atoms with Gasteiger partial charge < -0.3 is 5.32 Å². The van der Waals surface area contributed by atoms with E-state index in [0.29, 0.717) is 30.5 Å². The molecule has 1 atom stereocenters. The Bertz CT molecular complexity index is 797. The minimum Gasteiger partial charge on any atom is -0.355 e. The van der Waals surface area contributed by atoms with Crippen LogP contribution < -0.4 is 5.32 Å². The van der Waals surface area contributed by atoms with Crippen LogP contribution >= 0.6 is 0 Å². The van der Waals surface area contributed by atoms with Gasteiger partial charge in [-0.1, -0.05) is 49.4 Å². The lowest BCUT2D eigenvalue weighted by atomic mass is 9.96. The van der Waals surface area contributed by atoms with Gasteiger partial charge in [-0.15, -0.1) is 0 Å². The molecule has 5 heteroatoms. The highest BCUT2D eigenvalue weighted by molar-refractivity contribution is 6.21. The molecule has 0 saturated carbocycles. The predicted octanol–water partition coefficient (Wildman–Crippen LogP) is 3.37. The first-order valence-corrected chi connectivity index (χ1v) is 9.38. The normalized spacial score (nSPS) is 14.2. The third-order valence-electron chi connectivity index (χ3n) is 4.97. The molecule has 1 aliphatic rings. The Kier molecular flexibility index (Phi) is 6.01. The van der Waals surface area contributed by atoms with Gasteiger partial charge in [0, 0.05) is 25.4 Å². The smallest absolute Gasteiger partial charge is 0.261 e. The van der Waals surface area contributed by atoms with E-state index >= 15 is 0 Å². The molecule has 140 valence electrons. The van der Waals surface area contributed by atoms with E-state index in [-0.39, 0.29) is 30.2 Å². The first-order chi connectivity index (χ1) is 13.1. The van der Waals surface area contributed by atoms with Crippen molar-refractivity contribution in [3.63, 3.8) is 0 Å². The molecule has 0 fully saturated rings. The molecule has 0 saturated heterocycles. The van der Waals surface area contributed by atoms with Crippen LogP contribution in [0.25, 0.3) is 0 Å². The van der Waals surface area contributed by atoms with E-state index in [9.17, 15) is 14.4 Å². The number of carbonyl (C=O) groups excluding carboxylic acids is 3. The van der Waals surface area contributed by atoms with E-state index in [4.69, 9.17) is 0 Å². The van der Waals surface area contributed by atoms with Crippen molar-refractivity contribution in [3.8, 4) is 0 Å². The monoisotopic (exact) mass is 364 g/mol. The molecule has 27 heavy (non-hydrogen) atoms. The number of benzene rings is 2. The van der Waals surface area contributed by atoms with Crippen LogP contribution in [0.4, 0.5) is 0 Å². The van der Waals surface area contributed by atoms with Crippen LogP contribution in [-0.2, 0) is 4.79 Å². The van der Waals surface area contributed by atoms with Crippen molar-refractivity contribution in [3.05, 3.63) is 71.3 Å². The van der Waals surface area contributed by atoms with Crippen molar-refractivity contribution >= 4 is 17.7 Å². The molecule has 1 aliphatic heterocycles. The third-order valence-corrected chi connectivity index (χ3v) is 4.97. The van der Waals surface area contributed by atoms with Gasteiger partial charge in [0.25, 0.3) is 11.8 Å². The second kappa shape index (κ2) is 8.62. The zero-order chi connectivity index (χ0) is 19.2. The SMILES string of the molecule is CCC(CNC(=O)CCCN1C(=O)c2ccccc2C1=O)c1ccccc1. The molecule has 0 spiro atoms. The molecular formula is C22H24N2O3. The number of imide groups is 1. The molecule has 5 nitrogen and oxygen atoms in total. The van der Waals surface area contributed by atoms with E-state index in [2.05, 4.69) is 24.4 Å². The Morgan fingerprint density at radius 1 is 0.963 bits per heavy atom. The topological polar surface area (TPSA) is 66.5 Å². The summed E-state index contributed by atoms with van der Waals surface area (Å²) in [5.41, 5.74) is 2.10. The Morgan fingerprint density at radius 3 is 2.15 bits per heavy atom. The maximum atomic E-state index is 12.3. The summed E-state index contributed by atoms with van der Waals surface area (Å²) in [5, 5.41) is 2.97. The molecule has 3 amide bonds. The standard InChI is InChI=1S/C22H24N2O3/c1-2-16(17-9-4-3-5-10-17)15-23-20(25)13-8-14-24-21(26)18-11-6-7-12-19(18)22(24)27/h3-7,9-12,16H,2,8,13-15H2,1H3,(H,23,25). The van der Waals surface area contributed by atoms with Crippen LogP contribution in [0.5, 0.6) is 0 Å². The van der Waals surface area contributed by atoms with E-state index in [1.807, 2.05) is 18.2 Å². The second-order valence-corrected chi connectivity index (χ2v) is 6.73. The fraction of sp³-hybridized carbons (Fsp3) is 0.318. The number of hydrogen-bond donors (Lipinski definition) is 1. The Morgan fingerprint density at radius 2 is 1.56 bits per heavy atom. The van der Waals surface area contributed by atoms with Crippen LogP contribution in [0.1, 0.15) is 58.4 Å². The summed E-state index contributed by atoms with van der Waals surface area (Å²) in [6.07, 6.45) is 1.69. The predicted molar refractivity (Wildman–Crippen MR) is 104 cm³/mol. The van der Waals surface area contributed by atoms with Gasteiger partial charge in [-0.3, -0.25) is 19.3 Å². The zero-order valence-electron chi connectivity index (χ0n) is 15.5. The summed E-state index contributed by atoms with van der Waals surface area (Å²) in [5.74, 6) is -0.315. The lowest BCUT2D eigenvalue weighted by molar-refractivity contribution is -0.121. The zero-order valence-corrected chi connectivity index (χ0v) is 15.5. The largest absolute Gasteiger partial charge is 0.355 e. The second-order valence-electron chi connectivity index (χ2n) is 6.73. The Balaban J connectivity index is 1.45. The summed E-state index contributed by atoms with van der Waals surface area (Å²) in [6, 6.07) is 17.0. The van der Waals surface area contributed by atoms with Crippen molar-refractivity contribution in [2.75, 3.05) is 13.1 Å². The molecule has 0 radical (unpaired) electrons. The van der Waals surface area contributed by atoms with Crippen molar-refractivity contribution in [1.29, 1.82) is 0 Å². The molecule has 0 aliphatic carbocycles. The Hall–Kier alpha value is -2.95. The maximum absolute atomic E-state index is 12.3. The lowest BCUT2D eigenvalue weighted by Gasteiger charge is -2.17. The average molecular weight is 364 g/mol. The molecule has 1 heterocycles. The molecule has 0 bridgehead atoms. The van der Waals surface area contributed by atoms with Gasteiger partial charge in [0.1, 0.15) is 0 Å². The number of fused-ring (bicyclic) bond motifs is 1. The molecule has 1 unspecified atom stereocenters. The first kappa shape index (κ1) is 18.8. The van der Waals surface area contributed by atoms with Gasteiger partial charge in [0.15, 0.2) is 0 Å². The van der Waals surface area contributed by atoms with Gasteiger partial charge in [-0.05, 0) is 30.5 Å². The van der Waals surface area contributed by atoms with Gasteiger partial charge in [-0.2, -0.15) is 0 Å². The summed E-state index contributed by atoms with van der Waals surface area (Å²) in [7, 11) is 0. The van der Waals surface area contributed by atoms with Gasteiger partial charge in [-0.25, -0.2) is 0 Å². The van der Waals surface area contributed by atoms with Gasteiger partial charge in [0.05, 0.1) is 11.1 Å². The molecule has 1 N–H and O–H groups in total. The number of nitrogens with one attached hydrogen (secondary N) is 1. The molecule has 2 aromatic rings. The van der Waals surface area contributed by atoms with E-state index < -0.39 is 0 Å². The van der Waals surface area contributed by atoms with E-state index in [1.54, 1.807) is 24.3 Å². The Labute approximate surface area is 159 Å². The summed E-state index contributed by atoms with van der Waals surface area (Å²) < 4.78 is 0. The van der Waals surface area contributed by atoms with Crippen LogP contribution in [-0.4, -0.2) is 35.7 Å². The minimum atomic E-state index is -0.272. The minimum absolute atomic E-state index is 0.0546. The molecule has 2 aromatic carbocycles. The quantitative estimate of drug-likeness (QED) is 0.730. The summed E-state index contributed by atoms with van der Waals surface area (Å²) in [4.78, 5) is 38.0. The fourth-order valence-electron chi connectivity index (χ4n) is 3.39. The molecule has 0 aromatic heterocycles. The first-order valence-electron chi connectivity index (χ1n) is 9.38. The number of nitrogens with zero attached hydrogens (tertiary/aromatic N) is 1. The van der Waals surface area contributed by atoms with Crippen molar-refractivity contribution in [2.24, 2.45) is 0 Å². The van der Waals surface area contributed by atoms with Crippen LogP contribution in [0.2, 0.25) is 0 Å². The summed E-state index contributed by atoms with van der Waals surface area (Å²) >= 11 is 0. The number of rotatable bonds is 8. The van der Waals surface area contributed by atoms with Crippen LogP contribution in [0, 0.1) is 0 Å². The lowest BCUT2D eigenvalue weighted by Crippen LogP contribution is -2.32. The maximum Gasteiger partial charge on any atom is 0.261 e. The van der Waals surface area contributed by atoms with Gasteiger partial charge >= 0.3 is 0 Å². The van der Waals surface area contributed by atoms with E-state index in [0.717, 1.165) is 6.42 Å². The van der Waals surface area contributed by atoms with Crippen LogP contribution in [0.15, 0.2) is 54.6 Å². The summed E-state index contributed by atoms with van der Waals surface area (Å²) in [6.45, 7) is 2.95. The highest BCUT2D eigenvalue weighted by atomic mass is 16.2. The number of amides is 3. The average Bonchev–Trinajstić information content (AvgIpc) is 2.94. The third kappa shape index (κ3) is 4.25. The fourth-order valence-corrected chi connectivity index (χ4v) is 3.39. The van der Waals surface area contributed by atoms with Gasteiger partial charge in [0.2, 0.25) is 5.91 Å². The van der Waals surface area contributed by atoms with Crippen molar-refractivity contribution in [2.45, 2.75) is 32.1 Å². The molecular weight excluding hydrogens is 340 g/mol.